The van der Waals surface area contributed by atoms with Crippen LogP contribution in [0.1, 0.15) is 19.8 Å². The number of amides is 1. The number of hydrogen-bond donors (Lipinski definition) is 1. The highest BCUT2D eigenvalue weighted by molar-refractivity contribution is 9.10. The van der Waals surface area contributed by atoms with Crippen molar-refractivity contribution in [2.24, 2.45) is 0 Å². The van der Waals surface area contributed by atoms with E-state index in [4.69, 9.17) is 0 Å². The van der Waals surface area contributed by atoms with Gasteiger partial charge in [0.2, 0.25) is 5.91 Å². The maximum absolute atomic E-state index is 11.7. The zero-order valence-corrected chi connectivity index (χ0v) is 14.5. The fraction of sp³-hybridized carbons (Fsp3) is 0.176. The zero-order chi connectivity index (χ0) is 15.9. The van der Waals surface area contributed by atoms with Gasteiger partial charge in [0.05, 0.1) is 0 Å². The van der Waals surface area contributed by atoms with Gasteiger partial charge in [-0.3, -0.25) is 4.79 Å². The molecule has 2 aromatic rings. The van der Waals surface area contributed by atoms with Crippen LogP contribution in [0.3, 0.4) is 0 Å². The van der Waals surface area contributed by atoms with Crippen LogP contribution >= 0.6 is 27.7 Å². The number of carbonyl (C=O) groups is 2. The molecule has 0 saturated carbocycles. The largest absolute Gasteiger partial charge is 0.326 e. The molecular formula is C17H16BrNO2S. The Morgan fingerprint density at radius 2 is 1.50 bits per heavy atom. The Kier molecular flexibility index (Phi) is 6.21. The first-order valence-electron chi connectivity index (χ1n) is 6.86. The van der Waals surface area contributed by atoms with E-state index in [9.17, 15) is 9.59 Å². The van der Waals surface area contributed by atoms with Crippen LogP contribution < -0.4 is 5.32 Å². The summed E-state index contributed by atoms with van der Waals surface area (Å²) in [5.41, 5.74) is 0.744. The molecule has 0 unspecified atom stereocenters. The topological polar surface area (TPSA) is 46.2 Å². The summed E-state index contributed by atoms with van der Waals surface area (Å²) >= 11 is 5.07. The van der Waals surface area contributed by atoms with Crippen molar-refractivity contribution in [1.29, 1.82) is 0 Å². The molecule has 1 N–H and O–H groups in total. The standard InChI is InChI=1S/C17H16BrNO2S/c1-12(20)2-11-17(21)19-14-5-9-16(10-6-14)22-15-7-3-13(18)4-8-15/h3-10H,2,11H2,1H3,(H,19,21). The minimum absolute atomic E-state index is 0.0244. The van der Waals surface area contributed by atoms with Crippen molar-refractivity contribution in [2.75, 3.05) is 5.32 Å². The molecule has 0 aliphatic rings. The Hall–Kier alpha value is -1.59. The number of carbonyl (C=O) groups excluding carboxylic acids is 2. The summed E-state index contributed by atoms with van der Waals surface area (Å²) in [6.45, 7) is 1.49. The highest BCUT2D eigenvalue weighted by Crippen LogP contribution is 2.29. The lowest BCUT2D eigenvalue weighted by atomic mass is 10.2. The van der Waals surface area contributed by atoms with Gasteiger partial charge in [-0.15, -0.1) is 0 Å². The molecule has 3 nitrogen and oxygen atoms in total. The highest BCUT2D eigenvalue weighted by Gasteiger charge is 2.04. The third-order valence-electron chi connectivity index (χ3n) is 2.89. The maximum Gasteiger partial charge on any atom is 0.224 e. The molecule has 0 fully saturated rings. The van der Waals surface area contributed by atoms with E-state index in [-0.39, 0.29) is 24.5 Å². The van der Waals surface area contributed by atoms with Crippen molar-refractivity contribution in [3.8, 4) is 0 Å². The highest BCUT2D eigenvalue weighted by atomic mass is 79.9. The number of anilines is 1. The molecule has 0 bridgehead atoms. The van der Waals surface area contributed by atoms with Crippen LogP contribution in [-0.4, -0.2) is 11.7 Å². The maximum atomic E-state index is 11.7. The van der Waals surface area contributed by atoms with Crippen LogP contribution in [0.5, 0.6) is 0 Å². The number of halogens is 1. The molecular weight excluding hydrogens is 362 g/mol. The lowest BCUT2D eigenvalue weighted by molar-refractivity contribution is -0.121. The normalized spacial score (nSPS) is 10.3. The molecule has 114 valence electrons. The zero-order valence-electron chi connectivity index (χ0n) is 12.1. The Morgan fingerprint density at radius 1 is 0.955 bits per heavy atom. The summed E-state index contributed by atoms with van der Waals surface area (Å²) in [7, 11) is 0. The molecule has 0 radical (unpaired) electrons. The van der Waals surface area contributed by atoms with Crippen molar-refractivity contribution in [2.45, 2.75) is 29.6 Å². The first-order chi connectivity index (χ1) is 10.5. The molecule has 0 saturated heterocycles. The lowest BCUT2D eigenvalue weighted by Crippen LogP contribution is -2.12. The lowest BCUT2D eigenvalue weighted by Gasteiger charge is -2.06. The van der Waals surface area contributed by atoms with Crippen molar-refractivity contribution < 1.29 is 9.59 Å². The third-order valence-corrected chi connectivity index (χ3v) is 4.44. The average molecular weight is 378 g/mol. The summed E-state index contributed by atoms with van der Waals surface area (Å²) in [5, 5.41) is 2.79. The first kappa shape index (κ1) is 16.8. The van der Waals surface area contributed by atoms with Crippen LogP contribution in [0, 0.1) is 0 Å². The molecule has 0 aromatic heterocycles. The SMILES string of the molecule is CC(=O)CCC(=O)Nc1ccc(Sc2ccc(Br)cc2)cc1. The summed E-state index contributed by atoms with van der Waals surface area (Å²) < 4.78 is 1.06. The number of benzene rings is 2. The van der Waals surface area contributed by atoms with Crippen molar-refractivity contribution in [3.63, 3.8) is 0 Å². The molecule has 0 spiro atoms. The van der Waals surface area contributed by atoms with Crippen LogP contribution in [0.15, 0.2) is 62.8 Å². The van der Waals surface area contributed by atoms with Crippen LogP contribution in [0.2, 0.25) is 0 Å². The van der Waals surface area contributed by atoms with E-state index < -0.39 is 0 Å². The first-order valence-corrected chi connectivity index (χ1v) is 8.46. The van der Waals surface area contributed by atoms with E-state index in [1.165, 1.54) is 6.92 Å². The quantitative estimate of drug-likeness (QED) is 0.777. The van der Waals surface area contributed by atoms with Gasteiger partial charge >= 0.3 is 0 Å². The average Bonchev–Trinajstić information content (AvgIpc) is 2.49. The smallest absolute Gasteiger partial charge is 0.224 e. The summed E-state index contributed by atoms with van der Waals surface area (Å²) in [4.78, 5) is 24.8. The molecule has 0 atom stereocenters. The fourth-order valence-corrected chi connectivity index (χ4v) is 2.84. The second-order valence-electron chi connectivity index (χ2n) is 4.83. The van der Waals surface area contributed by atoms with Gasteiger partial charge in [-0.2, -0.15) is 0 Å². The Balaban J connectivity index is 1.91. The number of Topliss-reactive ketones (excluding diaryl/α,β-unsaturated/α-hetero) is 1. The monoisotopic (exact) mass is 377 g/mol. The van der Waals surface area contributed by atoms with Crippen molar-refractivity contribution >= 4 is 45.1 Å². The predicted molar refractivity (Wildman–Crippen MR) is 93.3 cm³/mol. The molecule has 0 heterocycles. The van der Waals surface area contributed by atoms with Crippen LogP contribution in [0.4, 0.5) is 5.69 Å². The molecule has 0 aliphatic carbocycles. The third kappa shape index (κ3) is 5.66. The summed E-state index contributed by atoms with van der Waals surface area (Å²) in [5.74, 6) is -0.111. The Bertz CT molecular complexity index is 653. The predicted octanol–water partition coefficient (Wildman–Crippen LogP) is 4.91. The molecule has 5 heteroatoms. The number of ketones is 1. The van der Waals surface area contributed by atoms with Gasteiger partial charge in [0.15, 0.2) is 0 Å². The van der Waals surface area contributed by atoms with Crippen molar-refractivity contribution in [1.82, 2.24) is 0 Å². The number of hydrogen-bond acceptors (Lipinski definition) is 3. The van der Waals surface area contributed by atoms with Gasteiger partial charge in [0, 0.05) is 32.8 Å². The summed E-state index contributed by atoms with van der Waals surface area (Å²) in [6, 6.07) is 15.8. The van der Waals surface area contributed by atoms with Crippen LogP contribution in [-0.2, 0) is 9.59 Å². The molecule has 2 aromatic carbocycles. The van der Waals surface area contributed by atoms with Crippen LogP contribution in [0.25, 0.3) is 0 Å². The van der Waals surface area contributed by atoms with Gasteiger partial charge in [-0.25, -0.2) is 0 Å². The van der Waals surface area contributed by atoms with Gasteiger partial charge in [0.25, 0.3) is 0 Å². The van der Waals surface area contributed by atoms with Gasteiger partial charge in [-0.1, -0.05) is 27.7 Å². The van der Waals surface area contributed by atoms with E-state index in [1.807, 2.05) is 48.5 Å². The molecule has 0 aliphatic heterocycles. The van der Waals surface area contributed by atoms with E-state index in [1.54, 1.807) is 11.8 Å². The van der Waals surface area contributed by atoms with Gasteiger partial charge in [0.1, 0.15) is 5.78 Å². The molecule has 1 amide bonds. The summed E-state index contributed by atoms with van der Waals surface area (Å²) in [6.07, 6.45) is 0.508. The van der Waals surface area contributed by atoms with Gasteiger partial charge < -0.3 is 10.1 Å². The minimum atomic E-state index is -0.136. The molecule has 22 heavy (non-hydrogen) atoms. The fourth-order valence-electron chi connectivity index (χ4n) is 1.76. The van der Waals surface area contributed by atoms with E-state index >= 15 is 0 Å². The Morgan fingerprint density at radius 3 is 2.05 bits per heavy atom. The second kappa shape index (κ2) is 8.15. The second-order valence-corrected chi connectivity index (χ2v) is 6.89. The number of nitrogens with one attached hydrogen (secondary N) is 1. The van der Waals surface area contributed by atoms with Crippen molar-refractivity contribution in [3.05, 3.63) is 53.0 Å². The van der Waals surface area contributed by atoms with E-state index in [0.29, 0.717) is 0 Å². The Labute approximate surface area is 142 Å². The molecule has 2 rings (SSSR count). The van der Waals surface area contributed by atoms with E-state index in [0.717, 1.165) is 20.0 Å². The minimum Gasteiger partial charge on any atom is -0.326 e. The number of rotatable bonds is 6. The van der Waals surface area contributed by atoms with Gasteiger partial charge in [-0.05, 0) is 55.5 Å². The van der Waals surface area contributed by atoms with E-state index in [2.05, 4.69) is 21.2 Å².